The molecule has 0 spiro atoms. The van der Waals surface area contributed by atoms with E-state index in [1.807, 2.05) is 34.9 Å². The van der Waals surface area contributed by atoms with Gasteiger partial charge in [-0.05, 0) is 33.6 Å². The first-order valence-electron chi connectivity index (χ1n) is 9.05. The Morgan fingerprint density at radius 1 is 1.28 bits per heavy atom. The highest BCUT2D eigenvalue weighted by Crippen LogP contribution is 2.38. The number of aromatic nitrogens is 1. The zero-order chi connectivity index (χ0) is 18.4. The monoisotopic (exact) mass is 349 g/mol. The summed E-state index contributed by atoms with van der Waals surface area (Å²) in [5, 5.41) is 6.58. The van der Waals surface area contributed by atoms with E-state index in [-0.39, 0.29) is 11.3 Å². The number of carbonyl (C=O) groups is 1. The number of aryl methyl sites for hydroxylation is 2. The number of oxazole rings is 1. The highest BCUT2D eigenvalue weighted by Gasteiger charge is 2.42. The number of carbonyl (C=O) groups excluding carboxylic acids is 1. The van der Waals surface area contributed by atoms with Gasteiger partial charge in [0, 0.05) is 27.2 Å². The van der Waals surface area contributed by atoms with Crippen molar-refractivity contribution < 1.29 is 9.21 Å². The summed E-state index contributed by atoms with van der Waals surface area (Å²) >= 11 is 0. The molecule has 0 bridgehead atoms. The molecule has 2 rings (SSSR count). The van der Waals surface area contributed by atoms with Gasteiger partial charge in [0.25, 0.3) is 0 Å². The van der Waals surface area contributed by atoms with Crippen LogP contribution in [0.15, 0.2) is 9.41 Å². The molecular formula is C18H31N5O2. The standard InChI is InChI=1S/C18H31N5O2/c1-6-19-17(20-11-15-22-13(2)14(3)25-15)21-12-18(9-7-8-10-18)16(24)23(4)5/h6-12H2,1-5H3,(H2,19,20,21). The van der Waals surface area contributed by atoms with Gasteiger partial charge in [-0.1, -0.05) is 12.8 Å². The number of guanidine groups is 1. The lowest BCUT2D eigenvalue weighted by atomic mass is 9.84. The normalized spacial score (nSPS) is 16.8. The van der Waals surface area contributed by atoms with Gasteiger partial charge in [-0.2, -0.15) is 0 Å². The summed E-state index contributed by atoms with van der Waals surface area (Å²) in [6, 6.07) is 0. The zero-order valence-electron chi connectivity index (χ0n) is 16.1. The van der Waals surface area contributed by atoms with E-state index >= 15 is 0 Å². The van der Waals surface area contributed by atoms with Crippen molar-refractivity contribution in [3.05, 3.63) is 17.3 Å². The van der Waals surface area contributed by atoms with Crippen LogP contribution in [-0.2, 0) is 11.3 Å². The van der Waals surface area contributed by atoms with Gasteiger partial charge in [0.15, 0.2) is 5.96 Å². The second kappa shape index (κ2) is 8.36. The van der Waals surface area contributed by atoms with Gasteiger partial charge in [-0.3, -0.25) is 4.79 Å². The van der Waals surface area contributed by atoms with Crippen molar-refractivity contribution in [3.8, 4) is 0 Å². The lowest BCUT2D eigenvalue weighted by molar-refractivity contribution is -0.138. The van der Waals surface area contributed by atoms with Crippen LogP contribution in [0.1, 0.15) is 50.0 Å². The lowest BCUT2D eigenvalue weighted by Crippen LogP contribution is -2.49. The summed E-state index contributed by atoms with van der Waals surface area (Å²) in [7, 11) is 3.66. The largest absolute Gasteiger partial charge is 0.444 e. The highest BCUT2D eigenvalue weighted by molar-refractivity contribution is 5.85. The maximum absolute atomic E-state index is 12.7. The number of aliphatic imine (C=N–C) groups is 1. The minimum absolute atomic E-state index is 0.201. The van der Waals surface area contributed by atoms with Gasteiger partial charge in [-0.15, -0.1) is 0 Å². The Bertz CT molecular complexity index is 595. The Kier molecular flexibility index (Phi) is 6.45. The summed E-state index contributed by atoms with van der Waals surface area (Å²) in [4.78, 5) is 23.3. The number of rotatable bonds is 6. The second-order valence-corrected chi connectivity index (χ2v) is 6.98. The molecule has 0 saturated heterocycles. The van der Waals surface area contributed by atoms with Crippen molar-refractivity contribution in [1.82, 2.24) is 20.5 Å². The number of amides is 1. The Morgan fingerprint density at radius 3 is 2.48 bits per heavy atom. The maximum atomic E-state index is 12.7. The molecule has 1 aliphatic carbocycles. The van der Waals surface area contributed by atoms with Gasteiger partial charge in [0.1, 0.15) is 12.3 Å². The molecule has 2 N–H and O–H groups in total. The molecule has 7 heteroatoms. The Balaban J connectivity index is 2.04. The smallest absolute Gasteiger partial charge is 0.230 e. The first-order valence-corrected chi connectivity index (χ1v) is 9.05. The van der Waals surface area contributed by atoms with E-state index in [2.05, 4.69) is 20.6 Å². The first kappa shape index (κ1) is 19.3. The molecule has 0 radical (unpaired) electrons. The average molecular weight is 349 g/mol. The first-order chi connectivity index (χ1) is 11.9. The molecule has 1 amide bonds. The van der Waals surface area contributed by atoms with E-state index in [4.69, 9.17) is 4.42 Å². The Hall–Kier alpha value is -2.05. The molecule has 1 aliphatic rings. The van der Waals surface area contributed by atoms with Crippen LogP contribution in [0.3, 0.4) is 0 Å². The number of hydrogen-bond acceptors (Lipinski definition) is 4. The van der Waals surface area contributed by atoms with Gasteiger partial charge in [-0.25, -0.2) is 9.98 Å². The van der Waals surface area contributed by atoms with Crippen LogP contribution in [0.4, 0.5) is 0 Å². The molecule has 25 heavy (non-hydrogen) atoms. The Labute approximate surface area is 150 Å². The van der Waals surface area contributed by atoms with E-state index in [0.717, 1.165) is 43.7 Å². The molecule has 0 aromatic carbocycles. The maximum Gasteiger partial charge on any atom is 0.230 e. The van der Waals surface area contributed by atoms with Gasteiger partial charge in [0.05, 0.1) is 11.1 Å². The van der Waals surface area contributed by atoms with Gasteiger partial charge in [0.2, 0.25) is 11.8 Å². The van der Waals surface area contributed by atoms with E-state index in [0.29, 0.717) is 24.9 Å². The fourth-order valence-corrected chi connectivity index (χ4v) is 3.34. The number of nitrogens with zero attached hydrogens (tertiary/aromatic N) is 3. The van der Waals surface area contributed by atoms with E-state index < -0.39 is 0 Å². The van der Waals surface area contributed by atoms with Crippen LogP contribution in [-0.4, -0.2) is 48.9 Å². The van der Waals surface area contributed by atoms with Crippen LogP contribution in [0.2, 0.25) is 0 Å². The number of hydrogen-bond donors (Lipinski definition) is 2. The molecule has 1 saturated carbocycles. The molecule has 140 valence electrons. The predicted molar refractivity (Wildman–Crippen MR) is 98.4 cm³/mol. The fraction of sp³-hybridized carbons (Fsp3) is 0.722. The van der Waals surface area contributed by atoms with Crippen LogP contribution in [0, 0.1) is 19.3 Å². The summed E-state index contributed by atoms with van der Waals surface area (Å²) in [6.07, 6.45) is 4.05. The van der Waals surface area contributed by atoms with Crippen LogP contribution in [0.5, 0.6) is 0 Å². The van der Waals surface area contributed by atoms with Crippen molar-refractivity contribution in [3.63, 3.8) is 0 Å². The van der Waals surface area contributed by atoms with Gasteiger partial charge >= 0.3 is 0 Å². The molecule has 7 nitrogen and oxygen atoms in total. The highest BCUT2D eigenvalue weighted by atomic mass is 16.4. The quantitative estimate of drug-likeness (QED) is 0.606. The summed E-state index contributed by atoms with van der Waals surface area (Å²) in [5.41, 5.74) is 0.570. The fourth-order valence-electron chi connectivity index (χ4n) is 3.34. The van der Waals surface area contributed by atoms with E-state index in [1.165, 1.54) is 0 Å². The molecule has 0 unspecified atom stereocenters. The zero-order valence-corrected chi connectivity index (χ0v) is 16.1. The van der Waals surface area contributed by atoms with Crippen molar-refractivity contribution in [1.29, 1.82) is 0 Å². The molecule has 1 aromatic heterocycles. The molecule has 1 heterocycles. The molecule has 1 fully saturated rings. The van der Waals surface area contributed by atoms with E-state index in [9.17, 15) is 4.79 Å². The van der Waals surface area contributed by atoms with Crippen molar-refractivity contribution >= 4 is 11.9 Å². The number of nitrogens with one attached hydrogen (secondary N) is 2. The predicted octanol–water partition coefficient (Wildman–Crippen LogP) is 2.00. The molecule has 0 aliphatic heterocycles. The van der Waals surface area contributed by atoms with Crippen LogP contribution < -0.4 is 10.6 Å². The van der Waals surface area contributed by atoms with Crippen LogP contribution in [0.25, 0.3) is 0 Å². The Morgan fingerprint density at radius 2 is 1.96 bits per heavy atom. The lowest BCUT2D eigenvalue weighted by Gasteiger charge is -2.31. The topological polar surface area (TPSA) is 82.8 Å². The third-order valence-electron chi connectivity index (χ3n) is 4.80. The third kappa shape index (κ3) is 4.74. The van der Waals surface area contributed by atoms with Crippen molar-refractivity contribution in [2.75, 3.05) is 27.2 Å². The average Bonchev–Trinajstić information content (AvgIpc) is 3.17. The van der Waals surface area contributed by atoms with E-state index in [1.54, 1.807) is 4.90 Å². The summed E-state index contributed by atoms with van der Waals surface area (Å²) in [5.74, 6) is 2.32. The second-order valence-electron chi connectivity index (χ2n) is 6.98. The van der Waals surface area contributed by atoms with Gasteiger partial charge < -0.3 is 20.0 Å². The molecule has 0 atom stereocenters. The summed E-state index contributed by atoms with van der Waals surface area (Å²) in [6.45, 7) is 7.57. The third-order valence-corrected chi connectivity index (χ3v) is 4.80. The minimum atomic E-state index is -0.324. The summed E-state index contributed by atoms with van der Waals surface area (Å²) < 4.78 is 5.58. The molecule has 1 aromatic rings. The molecular weight excluding hydrogens is 318 g/mol. The van der Waals surface area contributed by atoms with Crippen LogP contribution >= 0.6 is 0 Å². The van der Waals surface area contributed by atoms with Crippen molar-refractivity contribution in [2.45, 2.75) is 53.0 Å². The van der Waals surface area contributed by atoms with Crippen molar-refractivity contribution in [2.24, 2.45) is 10.4 Å². The SMILES string of the molecule is CCNC(=NCc1nc(C)c(C)o1)NCC1(C(=O)N(C)C)CCCC1. The minimum Gasteiger partial charge on any atom is -0.444 e.